The van der Waals surface area contributed by atoms with Gasteiger partial charge in [0.15, 0.2) is 11.6 Å². The monoisotopic (exact) mass is 399 g/mol. The molecule has 0 N–H and O–H groups in total. The molecule has 3 rings (SSSR count). The zero-order valence-electron chi connectivity index (χ0n) is 15.7. The second-order valence-electron chi connectivity index (χ2n) is 6.00. The molecule has 0 aliphatic carbocycles. The highest BCUT2D eigenvalue weighted by molar-refractivity contribution is 7.98. The number of aryl methyl sites for hydroxylation is 1. The molecule has 0 saturated heterocycles. The summed E-state index contributed by atoms with van der Waals surface area (Å²) in [6.07, 6.45) is 5.54. The molecule has 1 amide bonds. The summed E-state index contributed by atoms with van der Waals surface area (Å²) in [5.74, 6) is 1.00. The van der Waals surface area contributed by atoms with E-state index in [-0.39, 0.29) is 5.91 Å². The zero-order chi connectivity index (χ0) is 19.4. The van der Waals surface area contributed by atoms with E-state index in [0.29, 0.717) is 34.4 Å². The van der Waals surface area contributed by atoms with Crippen LogP contribution in [0.1, 0.15) is 21.6 Å². The lowest BCUT2D eigenvalue weighted by atomic mass is 10.1. The highest BCUT2D eigenvalue weighted by atomic mass is 32.2. The van der Waals surface area contributed by atoms with Crippen LogP contribution >= 0.6 is 23.5 Å². The summed E-state index contributed by atoms with van der Waals surface area (Å²) in [5.41, 5.74) is 2.27. The van der Waals surface area contributed by atoms with Crippen molar-refractivity contribution in [3.05, 3.63) is 59.5 Å². The van der Waals surface area contributed by atoms with Crippen LogP contribution in [0.2, 0.25) is 0 Å². The molecule has 27 heavy (non-hydrogen) atoms. The van der Waals surface area contributed by atoms with E-state index in [1.54, 1.807) is 36.0 Å². The summed E-state index contributed by atoms with van der Waals surface area (Å²) < 4.78 is 5.39. The molecule has 0 spiro atoms. The molecular weight excluding hydrogens is 378 g/mol. The molecule has 0 aliphatic heterocycles. The molecule has 0 atom stereocenters. The normalized spacial score (nSPS) is 10.8. The quantitative estimate of drug-likeness (QED) is 0.440. The third kappa shape index (κ3) is 4.36. The lowest BCUT2D eigenvalue weighted by molar-refractivity contribution is 0.0779. The second kappa shape index (κ2) is 8.63. The van der Waals surface area contributed by atoms with Crippen molar-refractivity contribution in [1.29, 1.82) is 0 Å². The maximum atomic E-state index is 13.1. The Hall–Kier alpha value is -2.25. The number of aromatic nitrogens is 2. The van der Waals surface area contributed by atoms with Gasteiger partial charge in [-0.2, -0.15) is 0 Å². The van der Waals surface area contributed by atoms with E-state index in [1.165, 1.54) is 16.7 Å². The van der Waals surface area contributed by atoms with Crippen LogP contribution in [0, 0.1) is 6.92 Å². The SMILES string of the molecule is CSc1ccc(CN(C)C(=O)c2c(C)nc(-c3ccco3)nc2SC)cc1. The first-order chi connectivity index (χ1) is 13.0. The van der Waals surface area contributed by atoms with Crippen LogP contribution in [-0.4, -0.2) is 40.3 Å². The van der Waals surface area contributed by atoms with Crippen LogP contribution in [0.3, 0.4) is 0 Å². The Balaban J connectivity index is 1.86. The van der Waals surface area contributed by atoms with Crippen molar-refractivity contribution in [3.63, 3.8) is 0 Å². The molecule has 0 bridgehead atoms. The Morgan fingerprint density at radius 2 is 1.85 bits per heavy atom. The fraction of sp³-hybridized carbons (Fsp3) is 0.250. The van der Waals surface area contributed by atoms with Crippen molar-refractivity contribution in [2.24, 2.45) is 0 Å². The Labute approximate surface area is 167 Å². The van der Waals surface area contributed by atoms with Gasteiger partial charge in [0.25, 0.3) is 5.91 Å². The topological polar surface area (TPSA) is 59.2 Å². The zero-order valence-corrected chi connectivity index (χ0v) is 17.4. The van der Waals surface area contributed by atoms with Crippen molar-refractivity contribution in [3.8, 4) is 11.6 Å². The van der Waals surface area contributed by atoms with Gasteiger partial charge in [-0.25, -0.2) is 9.97 Å². The average molecular weight is 400 g/mol. The highest BCUT2D eigenvalue weighted by Gasteiger charge is 2.22. The van der Waals surface area contributed by atoms with Gasteiger partial charge in [0.1, 0.15) is 5.03 Å². The van der Waals surface area contributed by atoms with Crippen LogP contribution in [0.5, 0.6) is 0 Å². The molecule has 5 nitrogen and oxygen atoms in total. The van der Waals surface area contributed by atoms with Crippen LogP contribution in [-0.2, 0) is 6.54 Å². The molecule has 0 saturated carbocycles. The number of carbonyl (C=O) groups is 1. The van der Waals surface area contributed by atoms with Gasteiger partial charge in [-0.15, -0.1) is 23.5 Å². The molecule has 0 unspecified atom stereocenters. The summed E-state index contributed by atoms with van der Waals surface area (Å²) >= 11 is 3.13. The first-order valence-electron chi connectivity index (χ1n) is 8.38. The van der Waals surface area contributed by atoms with Crippen LogP contribution in [0.25, 0.3) is 11.6 Å². The largest absolute Gasteiger partial charge is 0.461 e. The summed E-state index contributed by atoms with van der Waals surface area (Å²) in [7, 11) is 1.80. The minimum Gasteiger partial charge on any atom is -0.461 e. The standard InChI is InChI=1S/C20H21N3O2S2/c1-13-17(19(27-4)22-18(21-13)16-6-5-11-25-16)20(24)23(2)12-14-7-9-15(26-3)10-8-14/h5-11H,12H2,1-4H3. The Morgan fingerprint density at radius 1 is 1.11 bits per heavy atom. The maximum Gasteiger partial charge on any atom is 0.258 e. The average Bonchev–Trinajstić information content (AvgIpc) is 3.22. The number of thioether (sulfide) groups is 2. The number of hydrogen-bond donors (Lipinski definition) is 0. The summed E-state index contributed by atoms with van der Waals surface area (Å²) in [6, 6.07) is 11.8. The number of hydrogen-bond acceptors (Lipinski definition) is 6. The van der Waals surface area contributed by atoms with E-state index >= 15 is 0 Å². The van der Waals surface area contributed by atoms with Gasteiger partial charge in [-0.1, -0.05) is 12.1 Å². The molecule has 3 aromatic rings. The van der Waals surface area contributed by atoms with Gasteiger partial charge in [0.05, 0.1) is 17.5 Å². The smallest absolute Gasteiger partial charge is 0.258 e. The number of benzene rings is 1. The fourth-order valence-corrected chi connectivity index (χ4v) is 3.75. The first-order valence-corrected chi connectivity index (χ1v) is 10.8. The molecule has 1 aromatic carbocycles. The van der Waals surface area contributed by atoms with Crippen molar-refractivity contribution >= 4 is 29.4 Å². The molecule has 2 heterocycles. The summed E-state index contributed by atoms with van der Waals surface area (Å²) in [5, 5.41) is 0.656. The number of carbonyl (C=O) groups excluding carboxylic acids is 1. The summed E-state index contributed by atoms with van der Waals surface area (Å²) in [4.78, 5) is 25.0. The van der Waals surface area contributed by atoms with Crippen molar-refractivity contribution < 1.29 is 9.21 Å². The van der Waals surface area contributed by atoms with E-state index in [9.17, 15) is 4.79 Å². The summed E-state index contributed by atoms with van der Waals surface area (Å²) in [6.45, 7) is 2.36. The first kappa shape index (κ1) is 19.5. The predicted octanol–water partition coefficient (Wildman–Crippen LogP) is 4.76. The van der Waals surface area contributed by atoms with Gasteiger partial charge in [0.2, 0.25) is 0 Å². The van der Waals surface area contributed by atoms with Gasteiger partial charge in [0, 0.05) is 18.5 Å². The third-order valence-corrected chi connectivity index (χ3v) is 5.56. The number of rotatable bonds is 6. The van der Waals surface area contributed by atoms with Crippen LogP contribution in [0.15, 0.2) is 57.0 Å². The Kier molecular flexibility index (Phi) is 6.23. The highest BCUT2D eigenvalue weighted by Crippen LogP contribution is 2.26. The molecule has 0 fully saturated rings. The fourth-order valence-electron chi connectivity index (χ4n) is 2.72. The van der Waals surface area contributed by atoms with Crippen molar-refractivity contribution in [1.82, 2.24) is 14.9 Å². The van der Waals surface area contributed by atoms with E-state index in [2.05, 4.69) is 34.2 Å². The Bertz CT molecular complexity index is 925. The lowest BCUT2D eigenvalue weighted by Crippen LogP contribution is -2.28. The van der Waals surface area contributed by atoms with Crippen LogP contribution < -0.4 is 0 Å². The van der Waals surface area contributed by atoms with Gasteiger partial charge in [-0.05, 0) is 49.3 Å². The van der Waals surface area contributed by atoms with Crippen LogP contribution in [0.4, 0.5) is 0 Å². The predicted molar refractivity (Wildman–Crippen MR) is 110 cm³/mol. The molecular formula is C20H21N3O2S2. The maximum absolute atomic E-state index is 13.1. The minimum atomic E-state index is -0.0863. The number of furan rings is 1. The third-order valence-electron chi connectivity index (χ3n) is 4.13. The molecule has 0 aliphatic rings. The molecule has 7 heteroatoms. The van der Waals surface area contributed by atoms with Crippen molar-refractivity contribution in [2.45, 2.75) is 23.4 Å². The molecule has 0 radical (unpaired) electrons. The van der Waals surface area contributed by atoms with E-state index in [1.807, 2.05) is 25.5 Å². The van der Waals surface area contributed by atoms with Gasteiger partial charge < -0.3 is 9.32 Å². The number of amides is 1. The lowest BCUT2D eigenvalue weighted by Gasteiger charge is -2.20. The van der Waals surface area contributed by atoms with Crippen molar-refractivity contribution in [2.75, 3.05) is 19.6 Å². The second-order valence-corrected chi connectivity index (χ2v) is 7.68. The van der Waals surface area contributed by atoms with Gasteiger partial charge >= 0.3 is 0 Å². The minimum absolute atomic E-state index is 0.0863. The van der Waals surface area contributed by atoms with E-state index in [4.69, 9.17) is 4.42 Å². The molecule has 2 aromatic heterocycles. The van der Waals surface area contributed by atoms with E-state index < -0.39 is 0 Å². The van der Waals surface area contributed by atoms with Gasteiger partial charge in [-0.3, -0.25) is 4.79 Å². The molecule has 140 valence electrons. The van der Waals surface area contributed by atoms with E-state index in [0.717, 1.165) is 5.56 Å². The Morgan fingerprint density at radius 3 is 2.44 bits per heavy atom. The number of nitrogens with zero attached hydrogens (tertiary/aromatic N) is 3.